The van der Waals surface area contributed by atoms with Gasteiger partial charge in [-0.2, -0.15) is 0 Å². The second kappa shape index (κ2) is 14.5. The number of amides is 1. The summed E-state index contributed by atoms with van der Waals surface area (Å²) < 4.78 is 38.1. The molecule has 1 aromatic rings. The Bertz CT molecular complexity index is 622. The van der Waals surface area contributed by atoms with Crippen molar-refractivity contribution in [3.05, 3.63) is 35.4 Å². The molecule has 0 radical (unpaired) electrons. The van der Waals surface area contributed by atoms with Crippen molar-refractivity contribution in [3.8, 4) is 0 Å². The van der Waals surface area contributed by atoms with Crippen LogP contribution in [0.1, 0.15) is 65.4 Å². The molecule has 4 nitrogen and oxygen atoms in total. The first kappa shape index (κ1) is 26.5. The minimum atomic E-state index is -0.579. The van der Waals surface area contributed by atoms with Gasteiger partial charge < -0.3 is 14.4 Å². The van der Waals surface area contributed by atoms with Gasteiger partial charge in [-0.05, 0) is 37.3 Å². The molecule has 30 heavy (non-hydrogen) atoms. The Kier molecular flexibility index (Phi) is 12.8. The first-order valence-corrected chi connectivity index (χ1v) is 11.2. The topological polar surface area (TPSA) is 38.8 Å². The third kappa shape index (κ3) is 9.98. The molecule has 0 bridgehead atoms. The van der Waals surface area contributed by atoms with Gasteiger partial charge in [0.1, 0.15) is 11.6 Å². The Morgan fingerprint density at radius 1 is 0.967 bits per heavy atom. The second-order valence-electron chi connectivity index (χ2n) is 8.34. The minimum absolute atomic E-state index is 0.0896. The molecule has 172 valence electrons. The number of nitrogens with zero attached hydrogens (tertiary/aromatic N) is 1. The number of aryl methyl sites for hydroxylation is 1. The van der Waals surface area contributed by atoms with Crippen LogP contribution in [0.25, 0.3) is 0 Å². The van der Waals surface area contributed by atoms with Crippen LogP contribution in [-0.2, 0) is 20.7 Å². The predicted octanol–water partition coefficient (Wildman–Crippen LogP) is 5.39. The van der Waals surface area contributed by atoms with E-state index in [4.69, 9.17) is 9.47 Å². The quantitative estimate of drug-likeness (QED) is 0.332. The number of carbonyl (C=O) groups excluding carboxylic acids is 1. The van der Waals surface area contributed by atoms with Gasteiger partial charge in [-0.1, -0.05) is 46.6 Å². The maximum absolute atomic E-state index is 13.9. The molecule has 0 aliphatic carbocycles. The van der Waals surface area contributed by atoms with Gasteiger partial charge in [-0.15, -0.1) is 0 Å². The van der Waals surface area contributed by atoms with Gasteiger partial charge in [-0.25, -0.2) is 8.78 Å². The molecule has 0 saturated heterocycles. The number of ether oxygens (including phenoxy) is 2. The zero-order valence-corrected chi connectivity index (χ0v) is 19.1. The van der Waals surface area contributed by atoms with Crippen molar-refractivity contribution in [2.24, 2.45) is 5.41 Å². The number of unbranched alkanes of at least 4 members (excludes halogenated alkanes) is 1. The van der Waals surface area contributed by atoms with Crippen LogP contribution in [0.5, 0.6) is 0 Å². The third-order valence-electron chi connectivity index (χ3n) is 5.15. The largest absolute Gasteiger partial charge is 0.379 e. The number of benzene rings is 1. The molecule has 0 saturated carbocycles. The van der Waals surface area contributed by atoms with Crippen LogP contribution in [0.4, 0.5) is 8.78 Å². The average molecular weight is 428 g/mol. The summed E-state index contributed by atoms with van der Waals surface area (Å²) in [6, 6.07) is 3.64. The molecule has 0 heterocycles. The Hall–Kier alpha value is -1.53. The molecule has 6 heteroatoms. The molecule has 0 N–H and O–H groups in total. The van der Waals surface area contributed by atoms with Crippen molar-refractivity contribution in [2.45, 2.75) is 66.2 Å². The normalized spacial score (nSPS) is 11.7. The zero-order chi connectivity index (χ0) is 22.4. The van der Waals surface area contributed by atoms with E-state index in [0.29, 0.717) is 51.3 Å². The molecular formula is C24H39F2NO3. The van der Waals surface area contributed by atoms with E-state index in [1.807, 2.05) is 18.7 Å². The lowest BCUT2D eigenvalue weighted by Crippen LogP contribution is -2.43. The summed E-state index contributed by atoms with van der Waals surface area (Å²) in [5.41, 5.74) is 0.0242. The summed E-state index contributed by atoms with van der Waals surface area (Å²) in [6.07, 6.45) is 4.95. The van der Waals surface area contributed by atoms with Crippen LogP contribution < -0.4 is 0 Å². The Morgan fingerprint density at radius 3 is 2.30 bits per heavy atom. The summed E-state index contributed by atoms with van der Waals surface area (Å²) in [6.45, 7) is 11.4. The number of hydrogen-bond acceptors (Lipinski definition) is 3. The monoisotopic (exact) mass is 427 g/mol. The Balaban J connectivity index is 2.54. The fraction of sp³-hybridized carbons (Fsp3) is 0.708. The highest BCUT2D eigenvalue weighted by atomic mass is 19.1. The van der Waals surface area contributed by atoms with Gasteiger partial charge in [-0.3, -0.25) is 4.79 Å². The molecule has 0 atom stereocenters. The SMILES string of the molecule is CCCCOCCOCCN(CCCc1ccc(F)cc1F)C(=O)C(C)(C)CCC. The van der Waals surface area contributed by atoms with E-state index >= 15 is 0 Å². The minimum Gasteiger partial charge on any atom is -0.379 e. The van der Waals surface area contributed by atoms with E-state index < -0.39 is 17.0 Å². The van der Waals surface area contributed by atoms with Crippen LogP contribution in [0.15, 0.2) is 18.2 Å². The highest BCUT2D eigenvalue weighted by Gasteiger charge is 2.30. The highest BCUT2D eigenvalue weighted by Crippen LogP contribution is 2.25. The van der Waals surface area contributed by atoms with Crippen molar-refractivity contribution in [1.29, 1.82) is 0 Å². The molecule has 0 aromatic heterocycles. The average Bonchev–Trinajstić information content (AvgIpc) is 2.69. The fourth-order valence-corrected chi connectivity index (χ4v) is 3.40. The van der Waals surface area contributed by atoms with Crippen LogP contribution >= 0.6 is 0 Å². The first-order chi connectivity index (χ1) is 14.3. The van der Waals surface area contributed by atoms with Crippen LogP contribution in [-0.4, -0.2) is 50.3 Å². The standard InChI is InChI=1S/C24H39F2NO3/c1-5-7-15-29-17-18-30-16-14-27(23(28)24(3,4)12-6-2)13-8-9-20-10-11-21(25)19-22(20)26/h10-11,19H,5-9,12-18H2,1-4H3. The lowest BCUT2D eigenvalue weighted by Gasteiger charge is -2.32. The summed E-state index contributed by atoms with van der Waals surface area (Å²) >= 11 is 0. The van der Waals surface area contributed by atoms with Crippen molar-refractivity contribution in [3.63, 3.8) is 0 Å². The lowest BCUT2D eigenvalue weighted by atomic mass is 9.86. The highest BCUT2D eigenvalue weighted by molar-refractivity contribution is 5.81. The van der Waals surface area contributed by atoms with Crippen LogP contribution in [0.3, 0.4) is 0 Å². The third-order valence-corrected chi connectivity index (χ3v) is 5.15. The number of hydrogen-bond donors (Lipinski definition) is 0. The van der Waals surface area contributed by atoms with Gasteiger partial charge in [0, 0.05) is 31.2 Å². The molecule has 1 amide bonds. The first-order valence-electron chi connectivity index (χ1n) is 11.2. The molecule has 0 spiro atoms. The molecular weight excluding hydrogens is 388 g/mol. The zero-order valence-electron chi connectivity index (χ0n) is 19.1. The van der Waals surface area contributed by atoms with E-state index in [9.17, 15) is 13.6 Å². The Morgan fingerprint density at radius 2 is 1.67 bits per heavy atom. The maximum atomic E-state index is 13.9. The maximum Gasteiger partial charge on any atom is 0.228 e. The van der Waals surface area contributed by atoms with Crippen molar-refractivity contribution in [2.75, 3.05) is 39.5 Å². The molecule has 1 aromatic carbocycles. The van der Waals surface area contributed by atoms with Gasteiger partial charge in [0.2, 0.25) is 5.91 Å². The van der Waals surface area contributed by atoms with E-state index in [2.05, 4.69) is 13.8 Å². The van der Waals surface area contributed by atoms with Crippen molar-refractivity contribution in [1.82, 2.24) is 4.90 Å². The summed E-state index contributed by atoms with van der Waals surface area (Å²) in [7, 11) is 0. The molecule has 0 aliphatic heterocycles. The smallest absolute Gasteiger partial charge is 0.228 e. The number of rotatable bonds is 16. The van der Waals surface area contributed by atoms with Gasteiger partial charge in [0.25, 0.3) is 0 Å². The Labute approximate surface area is 180 Å². The lowest BCUT2D eigenvalue weighted by molar-refractivity contribution is -0.141. The van der Waals surface area contributed by atoms with E-state index in [0.717, 1.165) is 38.4 Å². The van der Waals surface area contributed by atoms with Gasteiger partial charge in [0.05, 0.1) is 19.8 Å². The van der Waals surface area contributed by atoms with E-state index in [1.54, 1.807) is 0 Å². The molecule has 1 rings (SSSR count). The molecule has 0 aliphatic rings. The molecule has 0 fully saturated rings. The fourth-order valence-electron chi connectivity index (χ4n) is 3.40. The summed E-state index contributed by atoms with van der Waals surface area (Å²) in [4.78, 5) is 14.9. The van der Waals surface area contributed by atoms with E-state index in [-0.39, 0.29) is 5.91 Å². The van der Waals surface area contributed by atoms with Crippen LogP contribution in [0, 0.1) is 17.0 Å². The van der Waals surface area contributed by atoms with E-state index in [1.165, 1.54) is 12.1 Å². The number of carbonyl (C=O) groups is 1. The van der Waals surface area contributed by atoms with Gasteiger partial charge >= 0.3 is 0 Å². The van der Waals surface area contributed by atoms with Crippen LogP contribution in [0.2, 0.25) is 0 Å². The second-order valence-corrected chi connectivity index (χ2v) is 8.34. The summed E-state index contributed by atoms with van der Waals surface area (Å²) in [5, 5.41) is 0. The van der Waals surface area contributed by atoms with Crippen molar-refractivity contribution >= 4 is 5.91 Å². The number of halogens is 2. The van der Waals surface area contributed by atoms with Gasteiger partial charge in [0.15, 0.2) is 0 Å². The summed E-state index contributed by atoms with van der Waals surface area (Å²) in [5.74, 6) is -1.03. The molecule has 0 unspecified atom stereocenters. The predicted molar refractivity (Wildman–Crippen MR) is 116 cm³/mol. The van der Waals surface area contributed by atoms with Crippen molar-refractivity contribution < 1.29 is 23.0 Å².